The minimum Gasteiger partial charge on any atom is -0.495 e. The first-order chi connectivity index (χ1) is 13.2. The highest BCUT2D eigenvalue weighted by Gasteiger charge is 2.15. The first kappa shape index (κ1) is 19.0. The largest absolute Gasteiger partial charge is 0.495 e. The quantitative estimate of drug-likeness (QED) is 0.654. The number of ether oxygens (including phenoxy) is 1. The van der Waals surface area contributed by atoms with Crippen LogP contribution < -0.4 is 21.1 Å². The minimum atomic E-state index is -0.128. The van der Waals surface area contributed by atoms with Crippen molar-refractivity contribution in [1.29, 1.82) is 0 Å². The molecule has 1 fully saturated rings. The van der Waals surface area contributed by atoms with Crippen LogP contribution in [0.4, 0.5) is 17.1 Å². The molecule has 1 heterocycles. The zero-order valence-electron chi connectivity index (χ0n) is 15.8. The fourth-order valence-electron chi connectivity index (χ4n) is 3.36. The van der Waals surface area contributed by atoms with E-state index in [1.165, 1.54) is 19.3 Å². The number of nitrogens with one attached hydrogen (secondary N) is 2. The van der Waals surface area contributed by atoms with E-state index in [9.17, 15) is 4.79 Å². The number of nitrogen functional groups attached to an aromatic ring is 1. The number of anilines is 3. The number of nitrogens with zero attached hydrogens (tertiary/aromatic N) is 1. The first-order valence-corrected chi connectivity index (χ1v) is 9.47. The third-order valence-electron chi connectivity index (χ3n) is 4.83. The predicted octanol–water partition coefficient (Wildman–Crippen LogP) is 3.24. The van der Waals surface area contributed by atoms with Gasteiger partial charge in [-0.3, -0.25) is 4.79 Å². The Kier molecular flexibility index (Phi) is 6.54. The van der Waals surface area contributed by atoms with Crippen LogP contribution in [0.3, 0.4) is 0 Å². The minimum absolute atomic E-state index is 0.128. The van der Waals surface area contributed by atoms with E-state index in [0.717, 1.165) is 25.3 Å². The molecule has 6 heteroatoms. The van der Waals surface area contributed by atoms with Crippen molar-refractivity contribution >= 4 is 23.0 Å². The number of nitrogens with two attached hydrogens (primary N) is 1. The molecule has 6 nitrogen and oxygen atoms in total. The Labute approximate surface area is 160 Å². The van der Waals surface area contributed by atoms with E-state index >= 15 is 0 Å². The van der Waals surface area contributed by atoms with Crippen molar-refractivity contribution in [2.75, 3.05) is 44.3 Å². The van der Waals surface area contributed by atoms with Crippen molar-refractivity contribution in [3.05, 3.63) is 48.0 Å². The Hall–Kier alpha value is -2.73. The SMILES string of the molecule is COc1ccccc1Nc1ccc(N)cc1C(=O)NCCN1CCCCC1. The topological polar surface area (TPSA) is 79.6 Å². The lowest BCUT2D eigenvalue weighted by Gasteiger charge is -2.26. The summed E-state index contributed by atoms with van der Waals surface area (Å²) in [5, 5.41) is 6.31. The maximum atomic E-state index is 12.7. The lowest BCUT2D eigenvalue weighted by molar-refractivity contribution is 0.0947. The molecule has 0 spiro atoms. The zero-order valence-corrected chi connectivity index (χ0v) is 15.8. The lowest BCUT2D eigenvalue weighted by Crippen LogP contribution is -2.37. The molecule has 1 aliphatic heterocycles. The average molecular weight is 368 g/mol. The highest BCUT2D eigenvalue weighted by Crippen LogP contribution is 2.29. The molecule has 2 aromatic carbocycles. The zero-order chi connectivity index (χ0) is 19.1. The van der Waals surface area contributed by atoms with Crippen molar-refractivity contribution < 1.29 is 9.53 Å². The van der Waals surface area contributed by atoms with E-state index < -0.39 is 0 Å². The van der Waals surface area contributed by atoms with Crippen molar-refractivity contribution in [2.45, 2.75) is 19.3 Å². The molecule has 27 heavy (non-hydrogen) atoms. The molecule has 4 N–H and O–H groups in total. The second-order valence-corrected chi connectivity index (χ2v) is 6.79. The van der Waals surface area contributed by atoms with E-state index in [0.29, 0.717) is 29.2 Å². The highest BCUT2D eigenvalue weighted by atomic mass is 16.5. The number of rotatable bonds is 7. The number of methoxy groups -OCH3 is 1. The highest BCUT2D eigenvalue weighted by molar-refractivity contribution is 6.01. The molecule has 1 saturated heterocycles. The van der Waals surface area contributed by atoms with Crippen molar-refractivity contribution in [3.8, 4) is 5.75 Å². The molecule has 144 valence electrons. The molecule has 0 radical (unpaired) electrons. The Morgan fingerprint density at radius 2 is 1.89 bits per heavy atom. The number of amides is 1. The van der Waals surface area contributed by atoms with Crippen LogP contribution in [0, 0.1) is 0 Å². The number of carbonyl (C=O) groups excluding carboxylic acids is 1. The second-order valence-electron chi connectivity index (χ2n) is 6.79. The van der Waals surface area contributed by atoms with Gasteiger partial charge in [-0.1, -0.05) is 18.6 Å². The Morgan fingerprint density at radius 3 is 2.67 bits per heavy atom. The standard InChI is InChI=1S/C21H28N4O2/c1-27-20-8-4-3-7-19(20)24-18-10-9-16(22)15-17(18)21(26)23-11-14-25-12-5-2-6-13-25/h3-4,7-10,15,24H,2,5-6,11-14,22H2,1H3,(H,23,26). The van der Waals surface area contributed by atoms with Gasteiger partial charge in [0.15, 0.2) is 0 Å². The van der Waals surface area contributed by atoms with E-state index in [2.05, 4.69) is 15.5 Å². The van der Waals surface area contributed by atoms with Gasteiger partial charge in [-0.25, -0.2) is 0 Å². The second kappa shape index (κ2) is 9.28. The van der Waals surface area contributed by atoms with Crippen LogP contribution in [-0.4, -0.2) is 44.1 Å². The summed E-state index contributed by atoms with van der Waals surface area (Å²) in [6, 6.07) is 12.9. The molecule has 3 rings (SSSR count). The molecule has 0 bridgehead atoms. The molecule has 1 amide bonds. The van der Waals surface area contributed by atoms with Crippen molar-refractivity contribution in [3.63, 3.8) is 0 Å². The summed E-state index contributed by atoms with van der Waals surface area (Å²) in [7, 11) is 1.62. The molecular weight excluding hydrogens is 340 g/mol. The van der Waals surface area contributed by atoms with Crippen LogP contribution in [0.1, 0.15) is 29.6 Å². The fraction of sp³-hybridized carbons (Fsp3) is 0.381. The van der Waals surface area contributed by atoms with Crippen LogP contribution in [0.2, 0.25) is 0 Å². The van der Waals surface area contributed by atoms with Gasteiger partial charge in [-0.15, -0.1) is 0 Å². The van der Waals surface area contributed by atoms with Gasteiger partial charge in [0.1, 0.15) is 5.75 Å². The number of hydrogen-bond acceptors (Lipinski definition) is 5. The van der Waals surface area contributed by atoms with Gasteiger partial charge in [-0.2, -0.15) is 0 Å². The maximum Gasteiger partial charge on any atom is 0.253 e. The van der Waals surface area contributed by atoms with Crippen molar-refractivity contribution in [2.24, 2.45) is 0 Å². The fourth-order valence-corrected chi connectivity index (χ4v) is 3.36. The summed E-state index contributed by atoms with van der Waals surface area (Å²) < 4.78 is 5.38. The van der Waals surface area contributed by atoms with Gasteiger partial charge in [-0.05, 0) is 56.3 Å². The van der Waals surface area contributed by atoms with E-state index in [1.54, 1.807) is 19.2 Å². The number of para-hydroxylation sites is 2. The number of piperidine rings is 1. The van der Waals surface area contributed by atoms with Crippen LogP contribution >= 0.6 is 0 Å². The van der Waals surface area contributed by atoms with Gasteiger partial charge < -0.3 is 26.0 Å². The van der Waals surface area contributed by atoms with Gasteiger partial charge in [0.2, 0.25) is 0 Å². The average Bonchev–Trinajstić information content (AvgIpc) is 2.70. The number of likely N-dealkylation sites (tertiary alicyclic amines) is 1. The molecule has 2 aromatic rings. The number of carbonyl (C=O) groups is 1. The predicted molar refractivity (Wildman–Crippen MR) is 110 cm³/mol. The third kappa shape index (κ3) is 5.14. The third-order valence-corrected chi connectivity index (χ3v) is 4.83. The number of hydrogen-bond donors (Lipinski definition) is 3. The van der Waals surface area contributed by atoms with Gasteiger partial charge >= 0.3 is 0 Å². The first-order valence-electron chi connectivity index (χ1n) is 9.47. The molecule has 0 unspecified atom stereocenters. The number of benzene rings is 2. The van der Waals surface area contributed by atoms with Gasteiger partial charge in [0.05, 0.1) is 24.0 Å². The Balaban J connectivity index is 1.68. The van der Waals surface area contributed by atoms with E-state index in [1.807, 2.05) is 30.3 Å². The summed E-state index contributed by atoms with van der Waals surface area (Å²) in [6.07, 6.45) is 3.80. The smallest absolute Gasteiger partial charge is 0.253 e. The molecule has 0 atom stereocenters. The summed E-state index contributed by atoms with van der Waals surface area (Å²) >= 11 is 0. The monoisotopic (exact) mass is 368 g/mol. The Bertz CT molecular complexity index is 773. The summed E-state index contributed by atoms with van der Waals surface area (Å²) in [5.41, 5.74) is 8.50. The van der Waals surface area contributed by atoms with Crippen LogP contribution in [0.5, 0.6) is 5.75 Å². The molecule has 0 aromatic heterocycles. The summed E-state index contributed by atoms with van der Waals surface area (Å²) in [5.74, 6) is 0.586. The maximum absolute atomic E-state index is 12.7. The van der Waals surface area contributed by atoms with Crippen LogP contribution in [0.15, 0.2) is 42.5 Å². The van der Waals surface area contributed by atoms with Gasteiger partial charge in [0.25, 0.3) is 5.91 Å². The molecule has 0 saturated carbocycles. The van der Waals surface area contributed by atoms with Crippen LogP contribution in [-0.2, 0) is 0 Å². The summed E-state index contributed by atoms with van der Waals surface area (Å²) in [4.78, 5) is 15.1. The lowest BCUT2D eigenvalue weighted by atomic mass is 10.1. The summed E-state index contributed by atoms with van der Waals surface area (Å²) in [6.45, 7) is 3.74. The van der Waals surface area contributed by atoms with Gasteiger partial charge in [0, 0.05) is 18.8 Å². The molecular formula is C21H28N4O2. The molecule has 1 aliphatic rings. The van der Waals surface area contributed by atoms with Crippen LogP contribution in [0.25, 0.3) is 0 Å². The van der Waals surface area contributed by atoms with Crippen molar-refractivity contribution in [1.82, 2.24) is 10.2 Å². The molecule has 0 aliphatic carbocycles. The normalized spacial score (nSPS) is 14.6. The van der Waals surface area contributed by atoms with E-state index in [-0.39, 0.29) is 5.91 Å². The van der Waals surface area contributed by atoms with E-state index in [4.69, 9.17) is 10.5 Å². The Morgan fingerprint density at radius 1 is 1.11 bits per heavy atom.